The first-order chi connectivity index (χ1) is 6.79. The van der Waals surface area contributed by atoms with Crippen LogP contribution in [0.3, 0.4) is 0 Å². The molecule has 0 unspecified atom stereocenters. The maximum absolute atomic E-state index is 11.6. The van der Waals surface area contributed by atoms with Crippen molar-refractivity contribution in [2.24, 2.45) is 0 Å². The van der Waals surface area contributed by atoms with Gasteiger partial charge in [-0.1, -0.05) is 22.9 Å². The summed E-state index contributed by atoms with van der Waals surface area (Å²) in [6.45, 7) is 2.66. The number of carbonyl (C=O) groups excluding carboxylic acids is 1. The number of aryl methyl sites for hydroxylation is 1. The molecule has 0 saturated heterocycles. The van der Waals surface area contributed by atoms with E-state index in [-0.39, 0.29) is 5.91 Å². The van der Waals surface area contributed by atoms with Gasteiger partial charge in [-0.15, -0.1) is 0 Å². The number of nitrogens with one attached hydrogen (secondary N) is 1. The number of halogens is 1. The molecule has 1 N–H and O–H groups in total. The lowest BCUT2D eigenvalue weighted by Crippen LogP contribution is -2.25. The van der Waals surface area contributed by atoms with Crippen molar-refractivity contribution in [3.05, 3.63) is 23.7 Å². The Bertz CT molecular complexity index is 296. The van der Waals surface area contributed by atoms with E-state index in [9.17, 15) is 4.79 Å². The fraction of sp³-hybridized carbons (Fsp3) is 0.500. The van der Waals surface area contributed by atoms with E-state index >= 15 is 0 Å². The average molecular weight is 260 g/mol. The number of rotatable bonds is 5. The second-order valence-electron chi connectivity index (χ2n) is 2.91. The minimum absolute atomic E-state index is 0.0449. The molecule has 1 amide bonds. The van der Waals surface area contributed by atoms with Crippen LogP contribution in [-0.4, -0.2) is 17.8 Å². The molecule has 1 heterocycles. The van der Waals surface area contributed by atoms with Crippen LogP contribution in [0.2, 0.25) is 0 Å². The van der Waals surface area contributed by atoms with E-state index in [4.69, 9.17) is 4.42 Å². The summed E-state index contributed by atoms with van der Waals surface area (Å²) >= 11 is 3.31. The lowest BCUT2D eigenvalue weighted by Gasteiger charge is -2.02. The van der Waals surface area contributed by atoms with E-state index in [1.165, 1.54) is 0 Å². The molecule has 0 aliphatic carbocycles. The molecule has 0 aliphatic rings. The Kier molecular flexibility index (Phi) is 4.73. The fourth-order valence-corrected chi connectivity index (χ4v) is 1.46. The van der Waals surface area contributed by atoms with Gasteiger partial charge in [0, 0.05) is 18.3 Å². The highest BCUT2D eigenvalue weighted by Gasteiger charge is 2.11. The van der Waals surface area contributed by atoms with Gasteiger partial charge in [0.05, 0.1) is 11.8 Å². The van der Waals surface area contributed by atoms with Gasteiger partial charge < -0.3 is 9.73 Å². The largest absolute Gasteiger partial charge is 0.469 e. The van der Waals surface area contributed by atoms with Gasteiger partial charge in [-0.05, 0) is 12.5 Å². The summed E-state index contributed by atoms with van der Waals surface area (Å²) in [5, 5.41) is 3.73. The molecule has 0 atom stereocenters. The maximum Gasteiger partial charge on any atom is 0.254 e. The van der Waals surface area contributed by atoms with Crippen molar-refractivity contribution in [2.75, 3.05) is 11.9 Å². The summed E-state index contributed by atoms with van der Waals surface area (Å²) < 4.78 is 5.17. The molecule has 1 rings (SSSR count). The zero-order chi connectivity index (χ0) is 10.4. The normalized spacial score (nSPS) is 10.1. The Hall–Kier alpha value is -0.770. The second kappa shape index (κ2) is 5.86. The number of furan rings is 1. The van der Waals surface area contributed by atoms with Crippen molar-refractivity contribution in [3.63, 3.8) is 0 Å². The van der Waals surface area contributed by atoms with Gasteiger partial charge in [0.15, 0.2) is 0 Å². The standard InChI is InChI=1S/C10H14BrNO2/c1-2-9-8(4-7-14-9)10(13)12-6-3-5-11/h4,7H,2-3,5-6H2,1H3,(H,12,13). The van der Waals surface area contributed by atoms with Crippen LogP contribution < -0.4 is 5.32 Å². The van der Waals surface area contributed by atoms with Gasteiger partial charge in [-0.25, -0.2) is 0 Å². The van der Waals surface area contributed by atoms with Crippen molar-refractivity contribution in [3.8, 4) is 0 Å². The minimum atomic E-state index is -0.0449. The zero-order valence-electron chi connectivity index (χ0n) is 8.18. The molecule has 4 heteroatoms. The molecule has 0 saturated carbocycles. The number of carbonyl (C=O) groups is 1. The molecule has 1 aromatic heterocycles. The minimum Gasteiger partial charge on any atom is -0.469 e. The molecule has 0 aliphatic heterocycles. The van der Waals surface area contributed by atoms with Crippen LogP contribution in [0.1, 0.15) is 29.5 Å². The van der Waals surface area contributed by atoms with E-state index in [0.29, 0.717) is 12.1 Å². The number of hydrogen-bond acceptors (Lipinski definition) is 2. The molecule has 0 aromatic carbocycles. The maximum atomic E-state index is 11.6. The lowest BCUT2D eigenvalue weighted by molar-refractivity contribution is 0.0952. The van der Waals surface area contributed by atoms with Gasteiger partial charge in [0.25, 0.3) is 5.91 Å². The van der Waals surface area contributed by atoms with Crippen LogP contribution in [0.25, 0.3) is 0 Å². The van der Waals surface area contributed by atoms with Crippen LogP contribution >= 0.6 is 15.9 Å². The van der Waals surface area contributed by atoms with Gasteiger partial charge in [0.2, 0.25) is 0 Å². The first-order valence-electron chi connectivity index (χ1n) is 4.70. The third-order valence-electron chi connectivity index (χ3n) is 1.91. The molecule has 78 valence electrons. The Morgan fingerprint density at radius 2 is 2.43 bits per heavy atom. The van der Waals surface area contributed by atoms with Crippen molar-refractivity contribution < 1.29 is 9.21 Å². The summed E-state index contributed by atoms with van der Waals surface area (Å²) in [6, 6.07) is 1.71. The molecule has 3 nitrogen and oxygen atoms in total. The van der Waals surface area contributed by atoms with Crippen molar-refractivity contribution in [2.45, 2.75) is 19.8 Å². The third kappa shape index (κ3) is 2.87. The van der Waals surface area contributed by atoms with Crippen molar-refractivity contribution >= 4 is 21.8 Å². The summed E-state index contributed by atoms with van der Waals surface area (Å²) in [4.78, 5) is 11.6. The Labute approximate surface area is 92.0 Å². The van der Waals surface area contributed by atoms with E-state index in [2.05, 4.69) is 21.2 Å². The average Bonchev–Trinajstić information content (AvgIpc) is 2.65. The topological polar surface area (TPSA) is 42.2 Å². The Balaban J connectivity index is 2.51. The van der Waals surface area contributed by atoms with Gasteiger partial charge in [-0.2, -0.15) is 0 Å². The Morgan fingerprint density at radius 3 is 3.07 bits per heavy atom. The molecule has 14 heavy (non-hydrogen) atoms. The molecule has 1 aromatic rings. The van der Waals surface area contributed by atoms with Crippen LogP contribution in [0.5, 0.6) is 0 Å². The fourth-order valence-electron chi connectivity index (χ4n) is 1.18. The van der Waals surface area contributed by atoms with Gasteiger partial charge in [-0.3, -0.25) is 4.79 Å². The van der Waals surface area contributed by atoms with Crippen LogP contribution in [0, 0.1) is 0 Å². The number of alkyl halides is 1. The first kappa shape index (κ1) is 11.3. The molecule has 0 spiro atoms. The highest BCUT2D eigenvalue weighted by Crippen LogP contribution is 2.10. The Morgan fingerprint density at radius 1 is 1.64 bits per heavy atom. The van der Waals surface area contributed by atoms with E-state index in [1.54, 1.807) is 12.3 Å². The molecule has 0 fully saturated rings. The number of amides is 1. The van der Waals surface area contributed by atoms with Gasteiger partial charge in [0.1, 0.15) is 5.76 Å². The van der Waals surface area contributed by atoms with E-state index in [1.807, 2.05) is 6.92 Å². The van der Waals surface area contributed by atoms with Crippen LogP contribution in [0.15, 0.2) is 16.7 Å². The molecular formula is C10H14BrNO2. The highest BCUT2D eigenvalue weighted by atomic mass is 79.9. The summed E-state index contributed by atoms with van der Waals surface area (Å²) in [5.41, 5.74) is 0.655. The summed E-state index contributed by atoms with van der Waals surface area (Å²) in [7, 11) is 0. The lowest BCUT2D eigenvalue weighted by atomic mass is 10.2. The van der Waals surface area contributed by atoms with Crippen LogP contribution in [0.4, 0.5) is 0 Å². The first-order valence-corrected chi connectivity index (χ1v) is 5.82. The highest BCUT2D eigenvalue weighted by molar-refractivity contribution is 9.09. The number of hydrogen-bond donors (Lipinski definition) is 1. The van der Waals surface area contributed by atoms with Crippen LogP contribution in [-0.2, 0) is 6.42 Å². The zero-order valence-corrected chi connectivity index (χ0v) is 9.76. The summed E-state index contributed by atoms with van der Waals surface area (Å²) in [6.07, 6.45) is 3.23. The molecule has 0 bridgehead atoms. The smallest absolute Gasteiger partial charge is 0.254 e. The molecular weight excluding hydrogens is 246 g/mol. The summed E-state index contributed by atoms with van der Waals surface area (Å²) in [5.74, 6) is 0.706. The van der Waals surface area contributed by atoms with E-state index in [0.717, 1.165) is 23.9 Å². The van der Waals surface area contributed by atoms with Crippen molar-refractivity contribution in [1.82, 2.24) is 5.32 Å². The van der Waals surface area contributed by atoms with Crippen molar-refractivity contribution in [1.29, 1.82) is 0 Å². The third-order valence-corrected chi connectivity index (χ3v) is 2.47. The SMILES string of the molecule is CCc1occc1C(=O)NCCCBr. The predicted octanol–water partition coefficient (Wildman–Crippen LogP) is 2.36. The molecule has 0 radical (unpaired) electrons. The van der Waals surface area contributed by atoms with E-state index < -0.39 is 0 Å². The monoisotopic (exact) mass is 259 g/mol. The predicted molar refractivity (Wildman–Crippen MR) is 58.8 cm³/mol. The quantitative estimate of drug-likeness (QED) is 0.652. The second-order valence-corrected chi connectivity index (χ2v) is 3.70. The van der Waals surface area contributed by atoms with Gasteiger partial charge >= 0.3 is 0 Å².